The summed E-state index contributed by atoms with van der Waals surface area (Å²) in [7, 11) is 0. The van der Waals surface area contributed by atoms with Gasteiger partial charge in [-0.3, -0.25) is 14.5 Å². The van der Waals surface area contributed by atoms with Gasteiger partial charge < -0.3 is 64.1 Å². The van der Waals surface area contributed by atoms with Crippen LogP contribution < -0.4 is 49.5 Å². The van der Waals surface area contributed by atoms with E-state index < -0.39 is 0 Å². The lowest BCUT2D eigenvalue weighted by atomic mass is 9.89. The summed E-state index contributed by atoms with van der Waals surface area (Å²) in [6.07, 6.45) is 19.8. The number of piperidine rings is 2. The number of anilines is 12. The minimum Gasteiger partial charge on any atom is -0.379 e. The number of hydrogen-bond donors (Lipinski definition) is 9. The number of ether oxygens (including phenoxy) is 1. The maximum absolute atomic E-state index is 12.6. The molecule has 1 aliphatic carbocycles. The highest BCUT2D eigenvalue weighted by molar-refractivity contribution is 5.95. The first kappa shape index (κ1) is 78.4. The molecule has 16 rings (SSSR count). The van der Waals surface area contributed by atoms with Gasteiger partial charge in [0.05, 0.1) is 13.2 Å². The Kier molecular flexibility index (Phi) is 26.9. The zero-order chi connectivity index (χ0) is 78.3. The van der Waals surface area contributed by atoms with Crippen molar-refractivity contribution in [2.45, 2.75) is 103 Å². The number of benzene rings is 4. The highest BCUT2D eigenvalue weighted by Crippen LogP contribution is 2.31. The molecule has 8 aromatic heterocycles. The molecule has 0 bridgehead atoms. The molecular formula is C82H100N28O3. The van der Waals surface area contributed by atoms with Crippen LogP contribution in [0.4, 0.5) is 70.3 Å². The number of amides is 2. The van der Waals surface area contributed by atoms with Gasteiger partial charge in [0.25, 0.3) is 11.8 Å². The van der Waals surface area contributed by atoms with Crippen LogP contribution in [0.15, 0.2) is 195 Å². The topological polar surface area (TPSA) is 392 Å². The van der Waals surface area contributed by atoms with Crippen molar-refractivity contribution in [3.05, 3.63) is 217 Å². The third-order valence-corrected chi connectivity index (χ3v) is 20.3. The molecule has 12 aromatic rings. The van der Waals surface area contributed by atoms with Gasteiger partial charge in [-0.05, 0) is 235 Å². The van der Waals surface area contributed by atoms with Crippen molar-refractivity contribution < 1.29 is 14.3 Å². The highest BCUT2D eigenvalue weighted by Gasteiger charge is 2.25. The second-order valence-electron chi connectivity index (χ2n) is 28.7. The van der Waals surface area contributed by atoms with Crippen molar-refractivity contribution in [2.24, 2.45) is 11.8 Å². The van der Waals surface area contributed by atoms with E-state index in [1.807, 2.05) is 114 Å². The van der Waals surface area contributed by atoms with Crippen molar-refractivity contribution in [3.63, 3.8) is 0 Å². The van der Waals surface area contributed by atoms with Gasteiger partial charge in [-0.25, -0.2) is 19.9 Å². The number of nitrogens with one attached hydrogen (secondary N) is 5. The fraction of sp³-hybridized carbons (Fsp3) is 0.341. The van der Waals surface area contributed by atoms with Gasteiger partial charge in [0, 0.05) is 97.4 Å². The van der Waals surface area contributed by atoms with Crippen LogP contribution in [0.2, 0.25) is 0 Å². The van der Waals surface area contributed by atoms with Crippen molar-refractivity contribution in [1.82, 2.24) is 99.0 Å². The minimum absolute atomic E-state index is 0.0380. The molecule has 0 unspecified atom stereocenters. The molecule has 13 N–H and O–H groups in total. The standard InChI is InChI=1S/C21H25N7O.C21H27N7.C20H23N7O.C20H25N7O/c22-20-26-21(27-28(20)18-8-4-5-13-23-18)25-17-11-9-16(10-12-17)19(29)24-14-15-6-2-1-3-7-15;1-15(2)27-13-10-17(11-14-27)16-6-8-18(9-7-16)24-21-25-20(22)28(26-21)19-5-3-4-12-23-19;1-14-9-12-26(13-10-14)18(28)15-5-7-16(8-6-15)23-20-24-19(21)27(25-20)17-4-2-3-11-22-17;21-19-24-20(25-27(19)18-5-1-2-10-22-18)23-17-8-6-16(7-9-17)4-3-11-26-12-14-28-15-13-26/h4-5,8-13,15H,1-3,6-7,14H2,(H,24,29)(H3,22,25,26,27);3-9,12,15,17H,10-11,13-14H2,1-2H3,(H3,22,24,25,26);2-8,11,14H,9-10,12-13H2,1H3,(H3,21,23,24,25);1-2,5-10H,3-4,11-15H2,(H3,21,23,24,25). The molecular weight excluding hydrogens is 1430 g/mol. The SMILES string of the molecule is CC(C)N1CCC(c2ccc(Nc3nc(N)n(-c4ccccn4)n3)cc2)CC1.CC1CCN(C(=O)c2ccc(Nc3nc(N)n(-c4ccccn4)n3)cc2)CC1.Nc1nc(Nc2ccc(C(=O)NCC3CCCCC3)cc2)nn1-c1ccccn1.Nc1nc(Nc2ccc(CCCN3CCOCC3)cc2)nn1-c1ccccn1. The zero-order valence-corrected chi connectivity index (χ0v) is 64.2. The van der Waals surface area contributed by atoms with Crippen LogP contribution >= 0.6 is 0 Å². The van der Waals surface area contributed by atoms with Crippen LogP contribution in [-0.4, -0.2) is 177 Å². The molecule has 31 heteroatoms. The highest BCUT2D eigenvalue weighted by atomic mass is 16.5. The second-order valence-corrected chi connectivity index (χ2v) is 28.7. The number of rotatable bonds is 22. The molecule has 586 valence electrons. The minimum atomic E-state index is -0.0380. The van der Waals surface area contributed by atoms with Crippen LogP contribution in [0.25, 0.3) is 23.3 Å². The summed E-state index contributed by atoms with van der Waals surface area (Å²) in [5.41, 5.74) is 31.3. The average molecular weight is 1530 g/mol. The van der Waals surface area contributed by atoms with Crippen LogP contribution in [0, 0.1) is 11.8 Å². The van der Waals surface area contributed by atoms with Gasteiger partial charge in [-0.1, -0.05) is 74.7 Å². The summed E-state index contributed by atoms with van der Waals surface area (Å²) < 4.78 is 11.4. The molecule has 4 aliphatic rings. The smallest absolute Gasteiger partial charge is 0.253 e. The quantitative estimate of drug-likeness (QED) is 0.0304. The van der Waals surface area contributed by atoms with Gasteiger partial charge in [0.1, 0.15) is 0 Å². The zero-order valence-electron chi connectivity index (χ0n) is 64.2. The number of carbonyl (C=O) groups excluding carboxylic acids is 2. The third-order valence-electron chi connectivity index (χ3n) is 20.3. The Morgan fingerprint density at radius 3 is 1.26 bits per heavy atom. The Bertz CT molecular complexity index is 4900. The monoisotopic (exact) mass is 1520 g/mol. The van der Waals surface area contributed by atoms with Gasteiger partial charge in [-0.15, -0.1) is 20.4 Å². The van der Waals surface area contributed by atoms with Crippen LogP contribution in [0.3, 0.4) is 0 Å². The van der Waals surface area contributed by atoms with E-state index in [9.17, 15) is 9.59 Å². The normalized spacial score (nSPS) is 15.0. The Morgan fingerprint density at radius 2 is 0.858 bits per heavy atom. The number of pyridine rings is 4. The number of hydrogen-bond acceptors (Lipinski definition) is 25. The van der Waals surface area contributed by atoms with E-state index in [0.717, 1.165) is 101 Å². The number of nitrogens with zero attached hydrogens (tertiary/aromatic N) is 19. The summed E-state index contributed by atoms with van der Waals surface area (Å²) in [5, 5.41) is 33.2. The molecule has 31 nitrogen and oxygen atoms in total. The van der Waals surface area contributed by atoms with E-state index in [-0.39, 0.29) is 23.7 Å². The van der Waals surface area contributed by atoms with E-state index in [1.54, 1.807) is 49.1 Å². The van der Waals surface area contributed by atoms with Gasteiger partial charge in [0.2, 0.25) is 47.6 Å². The molecule has 1 saturated carbocycles. The maximum Gasteiger partial charge on any atom is 0.253 e. The molecule has 3 aliphatic heterocycles. The molecule has 0 spiro atoms. The predicted molar refractivity (Wildman–Crippen MR) is 441 cm³/mol. The lowest BCUT2D eigenvalue weighted by molar-refractivity contribution is 0.0374. The molecule has 4 fully saturated rings. The Balaban J connectivity index is 0.000000132. The number of aryl methyl sites for hydroxylation is 1. The lowest BCUT2D eigenvalue weighted by Crippen LogP contribution is -2.37. The first-order valence-corrected chi connectivity index (χ1v) is 38.8. The summed E-state index contributed by atoms with van der Waals surface area (Å²) in [6, 6.07) is 54.3. The molecule has 2 amide bonds. The Morgan fingerprint density at radius 1 is 0.460 bits per heavy atom. The third kappa shape index (κ3) is 22.1. The van der Waals surface area contributed by atoms with E-state index >= 15 is 0 Å². The van der Waals surface area contributed by atoms with E-state index in [4.69, 9.17) is 27.7 Å². The van der Waals surface area contributed by atoms with Crippen molar-refractivity contribution in [3.8, 4) is 23.3 Å². The number of nitrogen functional groups attached to an aromatic ring is 4. The van der Waals surface area contributed by atoms with E-state index in [0.29, 0.717) is 93.9 Å². The number of likely N-dealkylation sites (tertiary alicyclic amines) is 2. The van der Waals surface area contributed by atoms with Crippen molar-refractivity contribution >= 4 is 82.2 Å². The largest absolute Gasteiger partial charge is 0.379 e. The summed E-state index contributed by atoms with van der Waals surface area (Å²) in [5.74, 6) is 7.17. The number of nitrogens with two attached hydrogens (primary N) is 4. The molecule has 11 heterocycles. The maximum atomic E-state index is 12.6. The average Bonchev–Trinajstić information content (AvgIpc) is 1.77. The fourth-order valence-electron chi connectivity index (χ4n) is 13.8. The number of morpholine rings is 1. The lowest BCUT2D eigenvalue weighted by Gasteiger charge is -2.34. The second kappa shape index (κ2) is 38.8. The summed E-state index contributed by atoms with van der Waals surface area (Å²) in [4.78, 5) is 65.9. The van der Waals surface area contributed by atoms with Crippen LogP contribution in [-0.2, 0) is 11.2 Å². The molecule has 0 radical (unpaired) electrons. The van der Waals surface area contributed by atoms with Crippen molar-refractivity contribution in [1.29, 1.82) is 0 Å². The molecule has 3 saturated heterocycles. The number of carbonyl (C=O) groups is 2. The van der Waals surface area contributed by atoms with Crippen LogP contribution in [0.5, 0.6) is 0 Å². The number of aromatic nitrogens is 16. The molecule has 4 aromatic carbocycles. The Labute approximate surface area is 657 Å². The van der Waals surface area contributed by atoms with Gasteiger partial charge in [0.15, 0.2) is 23.3 Å². The molecule has 113 heavy (non-hydrogen) atoms. The fourth-order valence-corrected chi connectivity index (χ4v) is 13.8. The van der Waals surface area contributed by atoms with Gasteiger partial charge in [-0.2, -0.15) is 38.7 Å². The summed E-state index contributed by atoms with van der Waals surface area (Å²) >= 11 is 0. The van der Waals surface area contributed by atoms with Gasteiger partial charge >= 0.3 is 0 Å². The summed E-state index contributed by atoms with van der Waals surface area (Å²) in [6.45, 7) is 16.5. The van der Waals surface area contributed by atoms with E-state index in [2.05, 4.69) is 154 Å². The first-order valence-electron chi connectivity index (χ1n) is 38.8. The predicted octanol–water partition coefficient (Wildman–Crippen LogP) is 12.0. The van der Waals surface area contributed by atoms with Crippen LogP contribution in [0.1, 0.15) is 123 Å². The Hall–Kier alpha value is -12.7. The van der Waals surface area contributed by atoms with Crippen molar-refractivity contribution in [2.75, 3.05) is 110 Å². The first-order chi connectivity index (χ1) is 55.2. The van der Waals surface area contributed by atoms with E-state index in [1.165, 1.54) is 87.9 Å². The molecule has 0 atom stereocenters.